The molecule has 0 rings (SSSR count). The van der Waals surface area contributed by atoms with E-state index in [0.717, 1.165) is 0 Å². The molecule has 1 amide bonds. The molecule has 0 aliphatic carbocycles. The highest BCUT2D eigenvalue weighted by molar-refractivity contribution is 7.99. The highest BCUT2D eigenvalue weighted by atomic mass is 32.2. The van der Waals surface area contributed by atoms with Crippen LogP contribution in [0.5, 0.6) is 0 Å². The van der Waals surface area contributed by atoms with E-state index < -0.39 is 23.7 Å². The number of hydrogen-bond donors (Lipinski definition) is 3. The Morgan fingerprint density at radius 3 is 2.44 bits per heavy atom. The number of carbonyl (C=O) groups is 2. The Kier molecular flexibility index (Phi) is 7.77. The number of nitrogens with one attached hydrogen (secondary N) is 1. The molecule has 0 aromatic heterocycles. The van der Waals surface area contributed by atoms with Gasteiger partial charge in [-0.2, -0.15) is 11.8 Å². The van der Waals surface area contributed by atoms with Crippen molar-refractivity contribution in [2.75, 3.05) is 18.1 Å². The maximum Gasteiger partial charge on any atom is 0.408 e. The molecule has 7 heteroatoms. The maximum absolute atomic E-state index is 11.4. The zero-order valence-electron chi connectivity index (χ0n) is 10.9. The summed E-state index contributed by atoms with van der Waals surface area (Å²) >= 11 is 1.36. The summed E-state index contributed by atoms with van der Waals surface area (Å²) in [4.78, 5) is 22.3. The van der Waals surface area contributed by atoms with Crippen molar-refractivity contribution in [3.8, 4) is 0 Å². The van der Waals surface area contributed by atoms with Crippen LogP contribution in [0.25, 0.3) is 0 Å². The quantitative estimate of drug-likeness (QED) is 0.604. The zero-order valence-corrected chi connectivity index (χ0v) is 11.7. The van der Waals surface area contributed by atoms with Gasteiger partial charge in [-0.1, -0.05) is 0 Å². The summed E-state index contributed by atoms with van der Waals surface area (Å²) in [6.07, 6.45) is -0.138. The summed E-state index contributed by atoms with van der Waals surface area (Å²) in [5.74, 6) is -0.206. The molecule has 0 saturated heterocycles. The van der Waals surface area contributed by atoms with Crippen molar-refractivity contribution in [2.24, 2.45) is 0 Å². The van der Waals surface area contributed by atoms with Gasteiger partial charge in [0.1, 0.15) is 11.6 Å². The van der Waals surface area contributed by atoms with E-state index in [2.05, 4.69) is 5.32 Å². The third kappa shape index (κ3) is 9.12. The fourth-order valence-corrected chi connectivity index (χ4v) is 1.95. The lowest BCUT2D eigenvalue weighted by Crippen LogP contribution is -2.45. The zero-order chi connectivity index (χ0) is 14.2. The number of rotatable bonds is 7. The molecule has 0 aliphatic heterocycles. The molecule has 0 saturated carbocycles. The number of aliphatic carboxylic acids is 1. The predicted molar refractivity (Wildman–Crippen MR) is 69.8 cm³/mol. The predicted octanol–water partition coefficient (Wildman–Crippen LogP) is 1.08. The number of aliphatic hydroxyl groups is 1. The van der Waals surface area contributed by atoms with Crippen molar-refractivity contribution >= 4 is 23.8 Å². The molecule has 106 valence electrons. The molecule has 3 N–H and O–H groups in total. The Morgan fingerprint density at radius 1 is 1.39 bits per heavy atom. The molecule has 0 fully saturated rings. The first kappa shape index (κ1) is 17.1. The van der Waals surface area contributed by atoms with Crippen molar-refractivity contribution in [1.29, 1.82) is 0 Å². The molecule has 0 aromatic carbocycles. The number of amides is 1. The van der Waals surface area contributed by atoms with Gasteiger partial charge >= 0.3 is 12.1 Å². The number of carboxylic acids is 1. The summed E-state index contributed by atoms with van der Waals surface area (Å²) in [6.45, 7) is 5.19. The third-order valence-corrected chi connectivity index (χ3v) is 2.87. The van der Waals surface area contributed by atoms with Crippen LogP contribution in [0.1, 0.15) is 27.2 Å². The summed E-state index contributed by atoms with van der Waals surface area (Å²) in [5.41, 5.74) is -0.656. The molecule has 0 radical (unpaired) electrons. The van der Waals surface area contributed by atoms with Gasteiger partial charge in [-0.05, 0) is 32.9 Å². The number of alkyl carbamates (subject to hydrolysis) is 1. The van der Waals surface area contributed by atoms with Crippen molar-refractivity contribution in [1.82, 2.24) is 5.32 Å². The van der Waals surface area contributed by atoms with E-state index in [1.165, 1.54) is 11.8 Å². The van der Waals surface area contributed by atoms with Crippen LogP contribution in [0.15, 0.2) is 0 Å². The van der Waals surface area contributed by atoms with Crippen LogP contribution >= 0.6 is 11.8 Å². The fourth-order valence-electron chi connectivity index (χ4n) is 0.992. The van der Waals surface area contributed by atoms with Crippen LogP contribution in [0.4, 0.5) is 4.79 Å². The molecule has 0 heterocycles. The molecular weight excluding hydrogens is 258 g/mol. The molecule has 18 heavy (non-hydrogen) atoms. The Bertz CT molecular complexity index is 277. The van der Waals surface area contributed by atoms with Gasteiger partial charge in [0.25, 0.3) is 0 Å². The first-order valence-electron chi connectivity index (χ1n) is 5.67. The van der Waals surface area contributed by atoms with Crippen molar-refractivity contribution in [3.05, 3.63) is 0 Å². The van der Waals surface area contributed by atoms with Crippen molar-refractivity contribution in [3.63, 3.8) is 0 Å². The van der Waals surface area contributed by atoms with Crippen LogP contribution in [-0.2, 0) is 9.53 Å². The second-order valence-corrected chi connectivity index (χ2v) is 5.84. The van der Waals surface area contributed by atoms with Crippen LogP contribution < -0.4 is 5.32 Å². The molecule has 1 atom stereocenters. The van der Waals surface area contributed by atoms with Gasteiger partial charge in [0.05, 0.1) is 0 Å². The molecule has 0 spiro atoms. The number of hydrogen-bond acceptors (Lipinski definition) is 5. The fraction of sp³-hybridized carbons (Fsp3) is 0.818. The van der Waals surface area contributed by atoms with Gasteiger partial charge in [0.15, 0.2) is 0 Å². The highest BCUT2D eigenvalue weighted by Crippen LogP contribution is 2.09. The number of carbonyl (C=O) groups excluding carboxylic acids is 1. The van der Waals surface area contributed by atoms with E-state index in [1.807, 2.05) is 0 Å². The third-order valence-electron chi connectivity index (χ3n) is 1.72. The average molecular weight is 279 g/mol. The first-order valence-corrected chi connectivity index (χ1v) is 6.82. The van der Waals surface area contributed by atoms with Gasteiger partial charge in [-0.25, -0.2) is 9.59 Å². The number of thioether (sulfide) groups is 1. The number of carboxylic acid groups (broad SMARTS) is 1. The summed E-state index contributed by atoms with van der Waals surface area (Å²) < 4.78 is 4.98. The van der Waals surface area contributed by atoms with E-state index >= 15 is 0 Å². The van der Waals surface area contributed by atoms with Crippen LogP contribution in [0.2, 0.25) is 0 Å². The van der Waals surface area contributed by atoms with Gasteiger partial charge in [-0.15, -0.1) is 0 Å². The minimum absolute atomic E-state index is 0.0736. The Hall–Kier alpha value is -0.950. The standard InChI is InChI=1S/C11H21NO5S/c1-11(2,3)17-10(16)12-8(9(14)15)7-18-6-4-5-13/h8,13H,4-7H2,1-3H3,(H,12,16)(H,14,15). The van der Waals surface area contributed by atoms with E-state index in [9.17, 15) is 9.59 Å². The van der Waals surface area contributed by atoms with E-state index in [1.54, 1.807) is 20.8 Å². The minimum Gasteiger partial charge on any atom is -0.480 e. The second kappa shape index (κ2) is 8.20. The van der Waals surface area contributed by atoms with E-state index in [-0.39, 0.29) is 12.4 Å². The van der Waals surface area contributed by atoms with Crippen LogP contribution in [0, 0.1) is 0 Å². The molecule has 0 aromatic rings. The van der Waals surface area contributed by atoms with Gasteiger partial charge in [0, 0.05) is 12.4 Å². The monoisotopic (exact) mass is 279 g/mol. The maximum atomic E-state index is 11.4. The lowest BCUT2D eigenvalue weighted by atomic mass is 10.2. The molecule has 6 nitrogen and oxygen atoms in total. The summed E-state index contributed by atoms with van der Waals surface area (Å²) in [7, 11) is 0. The van der Waals surface area contributed by atoms with Crippen molar-refractivity contribution < 1.29 is 24.5 Å². The lowest BCUT2D eigenvalue weighted by Gasteiger charge is -2.21. The second-order valence-electron chi connectivity index (χ2n) is 4.69. The summed E-state index contributed by atoms with van der Waals surface area (Å²) in [6, 6.07) is -0.983. The largest absolute Gasteiger partial charge is 0.480 e. The van der Waals surface area contributed by atoms with Crippen molar-refractivity contribution in [2.45, 2.75) is 38.8 Å². The molecular formula is C11H21NO5S. The van der Waals surface area contributed by atoms with Gasteiger partial charge in [-0.3, -0.25) is 0 Å². The van der Waals surface area contributed by atoms with E-state index in [4.69, 9.17) is 14.9 Å². The Labute approximate surface area is 111 Å². The minimum atomic E-state index is -1.10. The highest BCUT2D eigenvalue weighted by Gasteiger charge is 2.23. The molecule has 0 aliphatic rings. The van der Waals surface area contributed by atoms with Gasteiger partial charge in [0.2, 0.25) is 0 Å². The first-order chi connectivity index (χ1) is 8.26. The average Bonchev–Trinajstić information content (AvgIpc) is 2.19. The Morgan fingerprint density at radius 2 is 2.00 bits per heavy atom. The summed E-state index contributed by atoms with van der Waals surface area (Å²) in [5, 5.41) is 19.8. The Balaban J connectivity index is 4.11. The topological polar surface area (TPSA) is 95.9 Å². The van der Waals surface area contributed by atoms with Gasteiger partial charge < -0.3 is 20.3 Å². The smallest absolute Gasteiger partial charge is 0.408 e. The van der Waals surface area contributed by atoms with Crippen LogP contribution in [-0.4, -0.2) is 52.0 Å². The van der Waals surface area contributed by atoms with Crippen LogP contribution in [0.3, 0.4) is 0 Å². The molecule has 1 unspecified atom stereocenters. The number of aliphatic hydroxyl groups excluding tert-OH is 1. The molecule has 0 bridgehead atoms. The normalized spacial score (nSPS) is 12.9. The lowest BCUT2D eigenvalue weighted by molar-refractivity contribution is -0.138. The van der Waals surface area contributed by atoms with E-state index in [0.29, 0.717) is 12.2 Å². The SMILES string of the molecule is CC(C)(C)OC(=O)NC(CSCCCO)C(=O)O. The number of ether oxygens (including phenoxy) is 1.